The van der Waals surface area contributed by atoms with Gasteiger partial charge in [0.25, 0.3) is 0 Å². The fraction of sp³-hybridized carbons (Fsp3) is 0.467. The Morgan fingerprint density at radius 2 is 2.00 bits per heavy atom. The molecule has 0 saturated carbocycles. The number of hydrogen-bond donors (Lipinski definition) is 1. The van der Waals surface area contributed by atoms with Crippen LogP contribution in [0.25, 0.3) is 10.9 Å². The fourth-order valence-electron chi connectivity index (χ4n) is 2.72. The Kier molecular flexibility index (Phi) is 3.11. The smallest absolute Gasteiger partial charge is 0.143 e. The van der Waals surface area contributed by atoms with Gasteiger partial charge in [-0.3, -0.25) is 0 Å². The third kappa shape index (κ3) is 1.70. The van der Waals surface area contributed by atoms with Crippen LogP contribution in [-0.4, -0.2) is 18.2 Å². The molecular formula is C15H22N2O. The summed E-state index contributed by atoms with van der Waals surface area (Å²) < 4.78 is 7.67. The molecule has 1 aromatic carbocycles. The summed E-state index contributed by atoms with van der Waals surface area (Å²) in [5.74, 6) is 0.914. The minimum absolute atomic E-state index is 0.0318. The van der Waals surface area contributed by atoms with E-state index in [9.17, 15) is 0 Å². The number of benzene rings is 1. The van der Waals surface area contributed by atoms with Crippen molar-refractivity contribution in [1.29, 1.82) is 0 Å². The van der Waals surface area contributed by atoms with Crippen LogP contribution in [0, 0.1) is 6.92 Å². The van der Waals surface area contributed by atoms with Crippen molar-refractivity contribution in [2.75, 3.05) is 13.7 Å². The van der Waals surface area contributed by atoms with Gasteiger partial charge in [-0.15, -0.1) is 0 Å². The van der Waals surface area contributed by atoms with E-state index in [-0.39, 0.29) is 5.41 Å². The number of aryl methyl sites for hydroxylation is 1. The summed E-state index contributed by atoms with van der Waals surface area (Å²) in [4.78, 5) is 0. The molecule has 0 fully saturated rings. The predicted molar refractivity (Wildman–Crippen MR) is 76.3 cm³/mol. The second kappa shape index (κ2) is 4.32. The first-order chi connectivity index (χ1) is 8.44. The van der Waals surface area contributed by atoms with Gasteiger partial charge in [-0.2, -0.15) is 0 Å². The highest BCUT2D eigenvalue weighted by atomic mass is 16.5. The monoisotopic (exact) mass is 246 g/mol. The molecule has 2 aromatic rings. The summed E-state index contributed by atoms with van der Waals surface area (Å²) in [6, 6.07) is 6.19. The minimum Gasteiger partial charge on any atom is -0.495 e. The summed E-state index contributed by atoms with van der Waals surface area (Å²) in [7, 11) is 3.79. The highest BCUT2D eigenvalue weighted by molar-refractivity contribution is 5.91. The van der Waals surface area contributed by atoms with Crippen LogP contribution in [0.1, 0.15) is 25.1 Å². The molecule has 3 heteroatoms. The van der Waals surface area contributed by atoms with E-state index in [1.54, 1.807) is 7.11 Å². The zero-order chi connectivity index (χ0) is 13.5. The van der Waals surface area contributed by atoms with Crippen LogP contribution < -0.4 is 10.5 Å². The van der Waals surface area contributed by atoms with Crippen molar-refractivity contribution in [1.82, 2.24) is 4.57 Å². The molecule has 0 saturated heterocycles. The summed E-state index contributed by atoms with van der Waals surface area (Å²) >= 11 is 0. The molecule has 0 aliphatic rings. The molecule has 0 atom stereocenters. The van der Waals surface area contributed by atoms with E-state index < -0.39 is 0 Å². The van der Waals surface area contributed by atoms with E-state index in [0.717, 1.165) is 11.3 Å². The van der Waals surface area contributed by atoms with Gasteiger partial charge in [0.15, 0.2) is 0 Å². The number of nitrogens with zero attached hydrogens (tertiary/aromatic N) is 1. The highest BCUT2D eigenvalue weighted by Crippen LogP contribution is 2.38. The van der Waals surface area contributed by atoms with Crippen molar-refractivity contribution in [3.05, 3.63) is 29.5 Å². The Labute approximate surface area is 109 Å². The average Bonchev–Trinajstić information content (AvgIpc) is 2.62. The van der Waals surface area contributed by atoms with Crippen LogP contribution in [0.15, 0.2) is 18.2 Å². The molecule has 0 aliphatic heterocycles. The number of nitrogens with two attached hydrogens (primary N) is 1. The number of rotatable bonds is 3. The van der Waals surface area contributed by atoms with E-state index >= 15 is 0 Å². The molecule has 98 valence electrons. The second-order valence-electron chi connectivity index (χ2n) is 5.46. The average molecular weight is 246 g/mol. The summed E-state index contributed by atoms with van der Waals surface area (Å²) in [6.45, 7) is 7.15. The van der Waals surface area contributed by atoms with E-state index in [4.69, 9.17) is 10.5 Å². The molecule has 1 aromatic heterocycles. The molecule has 0 unspecified atom stereocenters. The Balaban J connectivity index is 2.88. The quantitative estimate of drug-likeness (QED) is 0.904. The molecule has 0 bridgehead atoms. The van der Waals surface area contributed by atoms with Gasteiger partial charge in [-0.25, -0.2) is 0 Å². The van der Waals surface area contributed by atoms with Crippen molar-refractivity contribution >= 4 is 10.9 Å². The number of para-hydroxylation sites is 1. The van der Waals surface area contributed by atoms with Gasteiger partial charge in [0.1, 0.15) is 5.75 Å². The molecule has 3 nitrogen and oxygen atoms in total. The molecule has 0 amide bonds. The van der Waals surface area contributed by atoms with Gasteiger partial charge in [0, 0.05) is 30.1 Å². The van der Waals surface area contributed by atoms with E-state index in [1.165, 1.54) is 16.6 Å². The molecule has 18 heavy (non-hydrogen) atoms. The standard InChI is InChI=1S/C15H22N2O/c1-10-13(15(2,3)9-16)11-7-6-8-12(18-5)14(11)17(10)4/h6-8H,9,16H2,1-5H3. The molecule has 0 radical (unpaired) electrons. The summed E-state index contributed by atoms with van der Waals surface area (Å²) in [5.41, 5.74) is 9.63. The van der Waals surface area contributed by atoms with Gasteiger partial charge >= 0.3 is 0 Å². The number of fused-ring (bicyclic) bond motifs is 1. The van der Waals surface area contributed by atoms with Crippen molar-refractivity contribution in [2.24, 2.45) is 12.8 Å². The Bertz CT molecular complexity index is 582. The van der Waals surface area contributed by atoms with Gasteiger partial charge in [-0.05, 0) is 18.6 Å². The molecule has 2 rings (SSSR count). The molecule has 0 aliphatic carbocycles. The molecule has 2 N–H and O–H groups in total. The van der Waals surface area contributed by atoms with E-state index in [1.807, 2.05) is 12.1 Å². The SMILES string of the molecule is COc1cccc2c(C(C)(C)CN)c(C)n(C)c12. The summed E-state index contributed by atoms with van der Waals surface area (Å²) in [5, 5.41) is 1.24. The Morgan fingerprint density at radius 1 is 1.33 bits per heavy atom. The van der Waals surface area contributed by atoms with Gasteiger partial charge in [0.05, 0.1) is 12.6 Å². The van der Waals surface area contributed by atoms with Crippen LogP contribution in [0.3, 0.4) is 0 Å². The lowest BCUT2D eigenvalue weighted by Crippen LogP contribution is -2.28. The van der Waals surface area contributed by atoms with Gasteiger partial charge in [0.2, 0.25) is 0 Å². The third-order valence-electron chi connectivity index (χ3n) is 3.88. The zero-order valence-electron chi connectivity index (χ0n) is 11.9. The van der Waals surface area contributed by atoms with Crippen molar-refractivity contribution in [2.45, 2.75) is 26.2 Å². The van der Waals surface area contributed by atoms with E-state index in [2.05, 4.69) is 38.5 Å². The van der Waals surface area contributed by atoms with Crippen molar-refractivity contribution < 1.29 is 4.74 Å². The van der Waals surface area contributed by atoms with Crippen LogP contribution in [0.5, 0.6) is 5.75 Å². The number of ether oxygens (including phenoxy) is 1. The van der Waals surface area contributed by atoms with Crippen LogP contribution >= 0.6 is 0 Å². The maximum absolute atomic E-state index is 5.94. The fourth-order valence-corrected chi connectivity index (χ4v) is 2.72. The Morgan fingerprint density at radius 3 is 2.56 bits per heavy atom. The van der Waals surface area contributed by atoms with Gasteiger partial charge < -0.3 is 15.0 Å². The first-order valence-corrected chi connectivity index (χ1v) is 6.26. The van der Waals surface area contributed by atoms with Gasteiger partial charge in [-0.1, -0.05) is 26.0 Å². The number of methoxy groups -OCH3 is 1. The van der Waals surface area contributed by atoms with Crippen molar-refractivity contribution in [3.63, 3.8) is 0 Å². The van der Waals surface area contributed by atoms with Crippen LogP contribution in [-0.2, 0) is 12.5 Å². The highest BCUT2D eigenvalue weighted by Gasteiger charge is 2.27. The zero-order valence-corrected chi connectivity index (χ0v) is 11.9. The van der Waals surface area contributed by atoms with E-state index in [0.29, 0.717) is 6.54 Å². The van der Waals surface area contributed by atoms with Crippen LogP contribution in [0.2, 0.25) is 0 Å². The maximum Gasteiger partial charge on any atom is 0.143 e. The normalized spacial score (nSPS) is 12.1. The topological polar surface area (TPSA) is 40.2 Å². The lowest BCUT2D eigenvalue weighted by atomic mass is 9.83. The van der Waals surface area contributed by atoms with Crippen LogP contribution in [0.4, 0.5) is 0 Å². The molecular weight excluding hydrogens is 224 g/mol. The maximum atomic E-state index is 5.94. The first kappa shape index (κ1) is 13.0. The largest absolute Gasteiger partial charge is 0.495 e. The number of hydrogen-bond acceptors (Lipinski definition) is 2. The number of aromatic nitrogens is 1. The summed E-state index contributed by atoms with van der Waals surface area (Å²) in [6.07, 6.45) is 0. The minimum atomic E-state index is -0.0318. The first-order valence-electron chi connectivity index (χ1n) is 6.26. The predicted octanol–water partition coefficient (Wildman–Crippen LogP) is 2.73. The molecule has 1 heterocycles. The second-order valence-corrected chi connectivity index (χ2v) is 5.46. The molecule has 0 spiro atoms. The lowest BCUT2D eigenvalue weighted by Gasteiger charge is -2.23. The van der Waals surface area contributed by atoms with Crippen molar-refractivity contribution in [3.8, 4) is 5.75 Å². The lowest BCUT2D eigenvalue weighted by molar-refractivity contribution is 0.418. The Hall–Kier alpha value is -1.48. The third-order valence-corrected chi connectivity index (χ3v) is 3.88.